The summed E-state index contributed by atoms with van der Waals surface area (Å²) in [4.78, 5) is 12.0. The minimum absolute atomic E-state index is 0.302. The molecule has 0 amide bonds. The Morgan fingerprint density at radius 3 is 2.73 bits per heavy atom. The van der Waals surface area contributed by atoms with E-state index < -0.39 is 5.97 Å². The van der Waals surface area contributed by atoms with Crippen LogP contribution in [0.1, 0.15) is 35.2 Å². The maximum Gasteiger partial charge on any atom is 0.341 e. The van der Waals surface area contributed by atoms with Crippen LogP contribution in [0.2, 0.25) is 5.02 Å². The highest BCUT2D eigenvalue weighted by atomic mass is 35.5. The highest BCUT2D eigenvalue weighted by Crippen LogP contribution is 2.26. The normalized spacial score (nSPS) is 10.0. The predicted molar refractivity (Wildman–Crippen MR) is 98.5 cm³/mol. The van der Waals surface area contributed by atoms with E-state index in [1.807, 2.05) is 18.2 Å². The van der Waals surface area contributed by atoms with Gasteiger partial charge in [0, 0.05) is 11.4 Å². The van der Waals surface area contributed by atoms with Crippen LogP contribution in [0.3, 0.4) is 0 Å². The van der Waals surface area contributed by atoms with Crippen molar-refractivity contribution in [2.75, 3.05) is 13.7 Å². The van der Waals surface area contributed by atoms with Gasteiger partial charge >= 0.3 is 5.97 Å². The van der Waals surface area contributed by atoms with Gasteiger partial charge in [0.25, 0.3) is 0 Å². The number of rotatable bonds is 9. The van der Waals surface area contributed by atoms with Crippen molar-refractivity contribution >= 4 is 17.6 Å². The summed E-state index contributed by atoms with van der Waals surface area (Å²) in [6.07, 6.45) is 1.98. The second-order valence-electron chi connectivity index (χ2n) is 5.53. The molecule has 0 heterocycles. The molecule has 0 aliphatic rings. The second-order valence-corrected chi connectivity index (χ2v) is 5.97. The number of nitriles is 1. The maximum absolute atomic E-state index is 12.0. The van der Waals surface area contributed by atoms with Gasteiger partial charge in [-0.1, -0.05) is 23.7 Å². The number of esters is 1. The van der Waals surface area contributed by atoms with Crippen LogP contribution >= 0.6 is 11.6 Å². The first-order valence-corrected chi connectivity index (χ1v) is 8.61. The number of hydrogen-bond donors (Lipinski definition) is 0. The molecule has 0 aliphatic heterocycles. The number of hydrogen-bond acceptors (Lipinski definition) is 5. The Morgan fingerprint density at radius 1 is 1.15 bits per heavy atom. The maximum atomic E-state index is 12.0. The Kier molecular flexibility index (Phi) is 7.78. The number of unbranched alkanes of at least 4 members (excludes halogenated alkanes) is 2. The van der Waals surface area contributed by atoms with Crippen molar-refractivity contribution in [3.63, 3.8) is 0 Å². The molecule has 26 heavy (non-hydrogen) atoms. The van der Waals surface area contributed by atoms with Crippen molar-refractivity contribution in [2.45, 2.75) is 25.9 Å². The van der Waals surface area contributed by atoms with E-state index in [4.69, 9.17) is 31.1 Å². The van der Waals surface area contributed by atoms with E-state index >= 15 is 0 Å². The third-order valence-corrected chi connectivity index (χ3v) is 3.83. The predicted octanol–water partition coefficient (Wildman–Crippen LogP) is 4.78. The van der Waals surface area contributed by atoms with Crippen molar-refractivity contribution in [1.82, 2.24) is 0 Å². The van der Waals surface area contributed by atoms with Crippen LogP contribution in [0.5, 0.6) is 11.5 Å². The number of benzene rings is 2. The zero-order valence-electron chi connectivity index (χ0n) is 14.5. The Bertz CT molecular complexity index is 786. The Hall–Kier alpha value is -2.71. The molecule has 0 atom stereocenters. The largest absolute Gasteiger partial charge is 0.493 e. The van der Waals surface area contributed by atoms with E-state index in [0.717, 1.165) is 18.4 Å². The molecule has 0 bridgehead atoms. The Morgan fingerprint density at radius 2 is 2.00 bits per heavy atom. The second kappa shape index (κ2) is 10.3. The third-order valence-electron chi connectivity index (χ3n) is 3.59. The van der Waals surface area contributed by atoms with Crippen LogP contribution < -0.4 is 9.47 Å². The molecule has 2 aromatic carbocycles. The fourth-order valence-electron chi connectivity index (χ4n) is 2.28. The average molecular weight is 374 g/mol. The van der Waals surface area contributed by atoms with Crippen LogP contribution in [0, 0.1) is 11.3 Å². The van der Waals surface area contributed by atoms with Crippen LogP contribution in [0.25, 0.3) is 0 Å². The summed E-state index contributed by atoms with van der Waals surface area (Å²) in [5, 5.41) is 9.18. The van der Waals surface area contributed by atoms with Gasteiger partial charge in [0.2, 0.25) is 0 Å². The van der Waals surface area contributed by atoms with Crippen molar-refractivity contribution in [3.05, 3.63) is 58.6 Å². The summed E-state index contributed by atoms with van der Waals surface area (Å²) in [6.45, 7) is 0.754. The lowest BCUT2D eigenvalue weighted by Crippen LogP contribution is -2.07. The lowest BCUT2D eigenvalue weighted by Gasteiger charge is -2.13. The molecule has 2 rings (SSSR count). The monoisotopic (exact) mass is 373 g/mol. The number of carbonyl (C=O) groups is 1. The lowest BCUT2D eigenvalue weighted by molar-refractivity contribution is 0.0595. The quantitative estimate of drug-likeness (QED) is 0.467. The van der Waals surface area contributed by atoms with Crippen molar-refractivity contribution in [1.29, 1.82) is 5.26 Å². The van der Waals surface area contributed by atoms with E-state index in [0.29, 0.717) is 41.7 Å². The molecule has 0 unspecified atom stereocenters. The van der Waals surface area contributed by atoms with Gasteiger partial charge in [-0.05, 0) is 48.7 Å². The Balaban J connectivity index is 2.04. The number of ether oxygens (including phenoxy) is 3. The van der Waals surface area contributed by atoms with Gasteiger partial charge in [0.15, 0.2) is 0 Å². The van der Waals surface area contributed by atoms with Crippen LogP contribution in [-0.4, -0.2) is 19.7 Å². The number of nitrogens with zero attached hydrogens (tertiary/aromatic N) is 1. The molecule has 5 nitrogen and oxygen atoms in total. The average Bonchev–Trinajstić information content (AvgIpc) is 2.66. The van der Waals surface area contributed by atoms with E-state index in [-0.39, 0.29) is 0 Å². The first kappa shape index (κ1) is 19.6. The summed E-state index contributed by atoms with van der Waals surface area (Å²) in [5.74, 6) is 0.469. The van der Waals surface area contributed by atoms with Crippen LogP contribution in [-0.2, 0) is 11.3 Å². The minimum atomic E-state index is -0.495. The minimum Gasteiger partial charge on any atom is -0.493 e. The van der Waals surface area contributed by atoms with Crippen molar-refractivity contribution in [3.8, 4) is 17.6 Å². The van der Waals surface area contributed by atoms with Crippen LogP contribution in [0.4, 0.5) is 0 Å². The van der Waals surface area contributed by atoms with Crippen molar-refractivity contribution < 1.29 is 19.0 Å². The zero-order valence-corrected chi connectivity index (χ0v) is 15.3. The zero-order chi connectivity index (χ0) is 18.8. The first-order valence-electron chi connectivity index (χ1n) is 8.23. The fraction of sp³-hybridized carbons (Fsp3) is 0.300. The highest BCUT2D eigenvalue weighted by molar-refractivity contribution is 6.30. The molecule has 0 aliphatic carbocycles. The molecule has 0 spiro atoms. The first-order chi connectivity index (χ1) is 12.6. The van der Waals surface area contributed by atoms with Gasteiger partial charge in [0.1, 0.15) is 23.7 Å². The molecule has 6 heteroatoms. The summed E-state index contributed by atoms with van der Waals surface area (Å²) in [7, 11) is 1.32. The fourth-order valence-corrected chi connectivity index (χ4v) is 2.49. The van der Waals surface area contributed by atoms with Gasteiger partial charge in [-0.15, -0.1) is 0 Å². The highest BCUT2D eigenvalue weighted by Gasteiger charge is 2.15. The van der Waals surface area contributed by atoms with Gasteiger partial charge in [-0.2, -0.15) is 5.26 Å². The third kappa shape index (κ3) is 5.98. The van der Waals surface area contributed by atoms with Crippen molar-refractivity contribution in [2.24, 2.45) is 0 Å². The van der Waals surface area contributed by atoms with Gasteiger partial charge in [-0.25, -0.2) is 4.79 Å². The molecule has 2 aromatic rings. The SMILES string of the molecule is COC(=O)c1cc(OCc2cccc(Cl)c2)ccc1OCCCCC#N. The molecular formula is C20H20ClNO4. The summed E-state index contributed by atoms with van der Waals surface area (Å²) in [6, 6.07) is 14.5. The molecule has 0 aromatic heterocycles. The molecule has 0 radical (unpaired) electrons. The molecule has 0 fully saturated rings. The smallest absolute Gasteiger partial charge is 0.341 e. The molecule has 0 saturated heterocycles. The number of methoxy groups -OCH3 is 1. The molecule has 136 valence electrons. The number of halogens is 1. The summed E-state index contributed by atoms with van der Waals surface area (Å²) >= 11 is 5.96. The summed E-state index contributed by atoms with van der Waals surface area (Å²) in [5.41, 5.74) is 1.23. The van der Waals surface area contributed by atoms with E-state index in [9.17, 15) is 4.79 Å². The van der Waals surface area contributed by atoms with E-state index in [1.54, 1.807) is 24.3 Å². The molecule has 0 N–H and O–H groups in total. The summed E-state index contributed by atoms with van der Waals surface area (Å²) < 4.78 is 16.2. The van der Waals surface area contributed by atoms with Gasteiger partial charge < -0.3 is 14.2 Å². The van der Waals surface area contributed by atoms with Crippen LogP contribution in [0.15, 0.2) is 42.5 Å². The molecule has 0 saturated carbocycles. The topological polar surface area (TPSA) is 68.6 Å². The van der Waals surface area contributed by atoms with E-state index in [1.165, 1.54) is 7.11 Å². The van der Waals surface area contributed by atoms with Gasteiger partial charge in [0.05, 0.1) is 19.8 Å². The number of carbonyl (C=O) groups excluding carboxylic acids is 1. The van der Waals surface area contributed by atoms with Gasteiger partial charge in [-0.3, -0.25) is 0 Å². The Labute approximate surface area is 158 Å². The molecular weight excluding hydrogens is 354 g/mol. The standard InChI is InChI=1S/C20H20ClNO4/c1-24-20(23)18-13-17(26-14-15-6-5-7-16(21)12-15)8-9-19(18)25-11-4-2-3-10-22/h5-9,12-13H,2-4,11,14H2,1H3. The van der Waals surface area contributed by atoms with E-state index in [2.05, 4.69) is 6.07 Å². The lowest BCUT2D eigenvalue weighted by atomic mass is 10.2.